The van der Waals surface area contributed by atoms with Gasteiger partial charge in [-0.05, 0) is 50.5 Å². The van der Waals surface area contributed by atoms with Crippen molar-refractivity contribution in [1.82, 2.24) is 14.9 Å². The van der Waals surface area contributed by atoms with Gasteiger partial charge in [-0.3, -0.25) is 0 Å². The molecule has 2 aromatic rings. The average molecular weight is 455 g/mol. The fourth-order valence-electron chi connectivity index (χ4n) is 4.14. The molecule has 0 saturated carbocycles. The van der Waals surface area contributed by atoms with Crippen LogP contribution in [-0.2, 0) is 10.9 Å². The third-order valence-electron chi connectivity index (χ3n) is 5.37. The maximum absolute atomic E-state index is 12.8. The van der Waals surface area contributed by atoms with Gasteiger partial charge in [-0.15, -0.1) is 0 Å². The molecule has 1 N–H and O–H groups in total. The summed E-state index contributed by atoms with van der Waals surface area (Å²) in [5.41, 5.74) is 1.29. The molecule has 1 amide bonds. The number of ether oxygens (including phenoxy) is 1. The van der Waals surface area contributed by atoms with Crippen molar-refractivity contribution in [2.24, 2.45) is 0 Å². The van der Waals surface area contributed by atoms with E-state index in [1.807, 2.05) is 39.0 Å². The van der Waals surface area contributed by atoms with Crippen molar-refractivity contribution in [2.45, 2.75) is 50.8 Å². The molecule has 1 aromatic carbocycles. The third-order valence-corrected chi connectivity index (χ3v) is 5.66. The number of nitrogens with one attached hydrogen (secondary N) is 1. The van der Waals surface area contributed by atoms with Crippen LogP contribution in [0.5, 0.6) is 0 Å². The number of alkyl halides is 3. The molecular formula is C21H22ClF3N4O2. The van der Waals surface area contributed by atoms with Gasteiger partial charge >= 0.3 is 12.3 Å². The highest BCUT2D eigenvalue weighted by Crippen LogP contribution is 2.47. The van der Waals surface area contributed by atoms with Crippen molar-refractivity contribution >= 4 is 29.3 Å². The highest BCUT2D eigenvalue weighted by atomic mass is 35.5. The Kier molecular flexibility index (Phi) is 5.28. The van der Waals surface area contributed by atoms with Gasteiger partial charge in [0.25, 0.3) is 0 Å². The zero-order valence-corrected chi connectivity index (χ0v) is 18.0. The molecule has 1 saturated heterocycles. The molecular weight excluding hydrogens is 433 g/mol. The lowest BCUT2D eigenvalue weighted by Crippen LogP contribution is -2.42. The van der Waals surface area contributed by atoms with Crippen LogP contribution in [0.4, 0.5) is 29.6 Å². The lowest BCUT2D eigenvalue weighted by molar-refractivity contribution is -0.137. The van der Waals surface area contributed by atoms with E-state index in [2.05, 4.69) is 15.3 Å². The highest BCUT2D eigenvalue weighted by Gasteiger charge is 2.40. The summed E-state index contributed by atoms with van der Waals surface area (Å²) >= 11 is 5.68. The zero-order chi connectivity index (χ0) is 22.6. The summed E-state index contributed by atoms with van der Waals surface area (Å²) in [4.78, 5) is 21.7. The molecule has 2 bridgehead atoms. The van der Waals surface area contributed by atoms with E-state index in [9.17, 15) is 18.0 Å². The normalized spacial score (nSPS) is 20.4. The van der Waals surface area contributed by atoms with Gasteiger partial charge in [0.15, 0.2) is 0 Å². The number of carbonyl (C=O) groups excluding carboxylic acids is 1. The van der Waals surface area contributed by atoms with Crippen molar-refractivity contribution < 1.29 is 22.7 Å². The first-order valence-corrected chi connectivity index (χ1v) is 10.3. The molecule has 6 nitrogen and oxygen atoms in total. The Morgan fingerprint density at radius 3 is 2.48 bits per heavy atom. The molecule has 1 aliphatic heterocycles. The molecule has 1 aromatic heterocycles. The number of anilines is 2. The van der Waals surface area contributed by atoms with Gasteiger partial charge in [-0.1, -0.05) is 17.7 Å². The second-order valence-corrected chi connectivity index (χ2v) is 9.24. The quantitative estimate of drug-likeness (QED) is 0.588. The second kappa shape index (κ2) is 7.55. The Hall–Kier alpha value is -2.55. The van der Waals surface area contributed by atoms with Crippen LogP contribution in [-0.4, -0.2) is 39.7 Å². The van der Waals surface area contributed by atoms with Crippen LogP contribution in [0, 0.1) is 0 Å². The van der Waals surface area contributed by atoms with E-state index in [0.717, 1.165) is 12.0 Å². The maximum Gasteiger partial charge on any atom is 0.420 e. The van der Waals surface area contributed by atoms with E-state index < -0.39 is 22.5 Å². The van der Waals surface area contributed by atoms with Crippen LogP contribution in [0.2, 0.25) is 5.15 Å². The van der Waals surface area contributed by atoms with Crippen LogP contribution >= 0.6 is 11.6 Å². The first kappa shape index (κ1) is 21.7. The van der Waals surface area contributed by atoms with Crippen molar-refractivity contribution in [2.75, 3.05) is 18.4 Å². The van der Waals surface area contributed by atoms with Crippen LogP contribution < -0.4 is 5.32 Å². The summed E-state index contributed by atoms with van der Waals surface area (Å²) in [5.74, 6) is 0.376. The minimum absolute atomic E-state index is 0.0192. The summed E-state index contributed by atoms with van der Waals surface area (Å²) in [7, 11) is 0. The molecule has 0 spiro atoms. The average Bonchev–Trinajstić information content (AvgIpc) is 2.89. The molecule has 4 rings (SSSR count). The van der Waals surface area contributed by atoms with E-state index >= 15 is 0 Å². The number of nitrogens with zero attached hydrogens (tertiary/aromatic N) is 3. The molecule has 10 heteroatoms. The number of piperidine rings is 1. The molecule has 2 heterocycles. The van der Waals surface area contributed by atoms with Crippen LogP contribution in [0.25, 0.3) is 0 Å². The number of likely N-dealkylation sites (tertiary alicyclic amines) is 1. The molecule has 1 fully saturated rings. The fourth-order valence-corrected chi connectivity index (χ4v) is 4.38. The standard InChI is InChI=1S/C21H22ClF3N4O2/c1-20(2,3)31-19(30)29-9-11-6-12(10-29)15-7-13(4-5-14(11)15)27-18-26-8-16(17(22)28-18)21(23,24)25/h4-5,7-8,11-12H,6,9-10H2,1-3H3,(H,26,27,28). The summed E-state index contributed by atoms with van der Waals surface area (Å²) in [6, 6.07) is 5.74. The minimum Gasteiger partial charge on any atom is -0.444 e. The van der Waals surface area contributed by atoms with Gasteiger partial charge < -0.3 is 15.0 Å². The van der Waals surface area contributed by atoms with Gasteiger partial charge in [0.05, 0.1) is 0 Å². The number of hydrogen-bond acceptors (Lipinski definition) is 5. The third kappa shape index (κ3) is 4.56. The van der Waals surface area contributed by atoms with E-state index in [1.165, 1.54) is 5.56 Å². The lowest BCUT2D eigenvalue weighted by atomic mass is 9.96. The highest BCUT2D eigenvalue weighted by molar-refractivity contribution is 6.30. The zero-order valence-electron chi connectivity index (χ0n) is 17.3. The van der Waals surface area contributed by atoms with Crippen molar-refractivity contribution in [1.29, 1.82) is 0 Å². The first-order valence-electron chi connectivity index (χ1n) is 9.89. The van der Waals surface area contributed by atoms with Gasteiger partial charge in [0, 0.05) is 36.8 Å². The monoisotopic (exact) mass is 454 g/mol. The summed E-state index contributed by atoms with van der Waals surface area (Å²) in [5, 5.41) is 2.26. The molecule has 1 aliphatic carbocycles. The Balaban J connectivity index is 1.51. The Morgan fingerprint density at radius 1 is 1.19 bits per heavy atom. The number of carbonyl (C=O) groups is 1. The Labute approximate surface area is 182 Å². The van der Waals surface area contributed by atoms with Crippen LogP contribution in [0.15, 0.2) is 24.4 Å². The summed E-state index contributed by atoms with van der Waals surface area (Å²) in [6.45, 7) is 6.68. The van der Waals surface area contributed by atoms with Gasteiger partial charge in [-0.25, -0.2) is 14.8 Å². The number of benzene rings is 1. The van der Waals surface area contributed by atoms with Crippen LogP contribution in [0.3, 0.4) is 0 Å². The number of amides is 1. The minimum atomic E-state index is -4.61. The predicted octanol–water partition coefficient (Wildman–Crippen LogP) is 5.71. The van der Waals surface area contributed by atoms with E-state index in [-0.39, 0.29) is 23.9 Å². The molecule has 0 radical (unpaired) electrons. The SMILES string of the molecule is CC(C)(C)OC(=O)N1CC2CC(C1)c1cc(Nc3ncc(C(F)(F)F)c(Cl)n3)ccc12. The fraction of sp³-hybridized carbons (Fsp3) is 0.476. The number of halogens is 4. The lowest BCUT2D eigenvalue weighted by Gasteiger charge is -2.33. The van der Waals surface area contributed by atoms with Crippen molar-refractivity contribution in [3.63, 3.8) is 0 Å². The van der Waals surface area contributed by atoms with Gasteiger partial charge in [0.2, 0.25) is 5.95 Å². The number of hydrogen-bond donors (Lipinski definition) is 1. The van der Waals surface area contributed by atoms with Gasteiger partial charge in [0.1, 0.15) is 16.3 Å². The van der Waals surface area contributed by atoms with E-state index in [4.69, 9.17) is 16.3 Å². The van der Waals surface area contributed by atoms with E-state index in [0.29, 0.717) is 25.0 Å². The molecule has 31 heavy (non-hydrogen) atoms. The second-order valence-electron chi connectivity index (χ2n) is 8.88. The smallest absolute Gasteiger partial charge is 0.420 e. The predicted molar refractivity (Wildman–Crippen MR) is 110 cm³/mol. The largest absolute Gasteiger partial charge is 0.444 e. The summed E-state index contributed by atoms with van der Waals surface area (Å²) in [6.07, 6.45) is -3.32. The maximum atomic E-state index is 12.8. The van der Waals surface area contributed by atoms with Crippen molar-refractivity contribution in [3.05, 3.63) is 46.2 Å². The number of fused-ring (bicyclic) bond motifs is 5. The topological polar surface area (TPSA) is 67.3 Å². The first-order chi connectivity index (χ1) is 14.4. The van der Waals surface area contributed by atoms with Crippen LogP contribution in [0.1, 0.15) is 55.7 Å². The molecule has 2 atom stereocenters. The Bertz CT molecular complexity index is 1020. The molecule has 2 unspecified atom stereocenters. The number of aromatic nitrogens is 2. The summed E-state index contributed by atoms with van der Waals surface area (Å²) < 4.78 is 44.0. The Morgan fingerprint density at radius 2 is 1.87 bits per heavy atom. The van der Waals surface area contributed by atoms with E-state index in [1.54, 1.807) is 4.90 Å². The number of rotatable bonds is 2. The van der Waals surface area contributed by atoms with Gasteiger partial charge in [-0.2, -0.15) is 13.2 Å². The molecule has 2 aliphatic rings. The molecule has 166 valence electrons. The van der Waals surface area contributed by atoms with Crippen molar-refractivity contribution in [3.8, 4) is 0 Å².